The predicted molar refractivity (Wildman–Crippen MR) is 80.3 cm³/mol. The molecule has 2 aromatic rings. The van der Waals surface area contributed by atoms with Gasteiger partial charge in [0.15, 0.2) is 0 Å². The summed E-state index contributed by atoms with van der Waals surface area (Å²) in [4.78, 5) is 10.8. The third-order valence-electron chi connectivity index (χ3n) is 3.16. The lowest BCUT2D eigenvalue weighted by molar-refractivity contribution is -0.142. The summed E-state index contributed by atoms with van der Waals surface area (Å²) < 4.78 is 82.8. The van der Waals surface area contributed by atoms with E-state index in [9.17, 15) is 31.1 Å². The molecule has 0 fully saturated rings. The summed E-state index contributed by atoms with van der Waals surface area (Å²) in [5.74, 6) is 0.0435. The molecule has 2 rings (SSSR count). The molecule has 0 bridgehead atoms. The Labute approximate surface area is 146 Å². The van der Waals surface area contributed by atoms with Crippen LogP contribution in [0.4, 0.5) is 26.3 Å². The first-order valence-electron chi connectivity index (χ1n) is 6.66. The molecule has 0 aromatic heterocycles. The van der Waals surface area contributed by atoms with Crippen LogP contribution in [-0.2, 0) is 19.0 Å². The Bertz CT molecular complexity index is 783. The maximum absolute atomic E-state index is 13.0. The van der Waals surface area contributed by atoms with E-state index in [2.05, 4.69) is 15.9 Å². The predicted octanol–water partition coefficient (Wildman–Crippen LogP) is 5.88. The summed E-state index contributed by atoms with van der Waals surface area (Å²) in [6.45, 7) is -0.743. The number of alkyl halides is 6. The van der Waals surface area contributed by atoms with Gasteiger partial charge in [-0.05, 0) is 36.4 Å². The van der Waals surface area contributed by atoms with Gasteiger partial charge in [0.05, 0.1) is 11.1 Å². The summed E-state index contributed by atoms with van der Waals surface area (Å²) >= 11 is 3.10. The second-order valence-electron chi connectivity index (χ2n) is 4.99. The molecule has 2 aromatic carbocycles. The zero-order valence-corrected chi connectivity index (χ0v) is 13.8. The van der Waals surface area contributed by atoms with Gasteiger partial charge in [-0.25, -0.2) is 0 Å². The molecule has 0 radical (unpaired) electrons. The minimum atomic E-state index is -4.83. The van der Waals surface area contributed by atoms with E-state index in [4.69, 9.17) is 4.74 Å². The van der Waals surface area contributed by atoms with E-state index in [1.54, 1.807) is 0 Å². The lowest BCUT2D eigenvalue weighted by Gasteiger charge is -2.16. The van der Waals surface area contributed by atoms with Crippen LogP contribution in [0.2, 0.25) is 0 Å². The molecule has 9 heteroatoms. The van der Waals surface area contributed by atoms with Gasteiger partial charge in [0.25, 0.3) is 0 Å². The Hall–Kier alpha value is -2.03. The largest absolute Gasteiger partial charge is 0.489 e. The first-order valence-corrected chi connectivity index (χ1v) is 7.46. The fourth-order valence-electron chi connectivity index (χ4n) is 2.06. The highest BCUT2D eigenvalue weighted by atomic mass is 79.9. The molecule has 0 aliphatic heterocycles. The highest BCUT2D eigenvalue weighted by molar-refractivity contribution is 9.10. The van der Waals surface area contributed by atoms with Gasteiger partial charge in [0.1, 0.15) is 18.6 Å². The Morgan fingerprint density at radius 1 is 0.960 bits per heavy atom. The Morgan fingerprint density at radius 2 is 1.64 bits per heavy atom. The molecular formula is C16H9BrF6O2. The van der Waals surface area contributed by atoms with Crippen LogP contribution in [0, 0.1) is 0 Å². The van der Waals surface area contributed by atoms with Gasteiger partial charge in [-0.15, -0.1) is 0 Å². The number of hydrogen-bond donors (Lipinski definition) is 0. The summed E-state index contributed by atoms with van der Waals surface area (Å²) in [5, 5.41) is 0. The normalized spacial score (nSPS) is 12.1. The molecule has 2 nitrogen and oxygen atoms in total. The van der Waals surface area contributed by atoms with Gasteiger partial charge in [-0.2, -0.15) is 26.3 Å². The Kier molecular flexibility index (Phi) is 5.46. The van der Waals surface area contributed by atoms with E-state index < -0.39 is 35.6 Å². The van der Waals surface area contributed by atoms with Crippen LogP contribution >= 0.6 is 15.9 Å². The molecule has 0 aliphatic rings. The average molecular weight is 427 g/mol. The third-order valence-corrected chi connectivity index (χ3v) is 3.62. The van der Waals surface area contributed by atoms with Crippen molar-refractivity contribution in [1.82, 2.24) is 0 Å². The second kappa shape index (κ2) is 7.07. The standard InChI is InChI=1S/C16H9BrF6O2/c17-12-3-9(7-24)4-13(6-12)25-8-10-5-11(15(18,19)20)1-2-14(10)16(21,22)23/h1-7H,8H2. The molecule has 25 heavy (non-hydrogen) atoms. The number of ether oxygens (including phenoxy) is 1. The van der Waals surface area contributed by atoms with E-state index >= 15 is 0 Å². The average Bonchev–Trinajstić information content (AvgIpc) is 2.50. The van der Waals surface area contributed by atoms with Gasteiger partial charge in [0, 0.05) is 15.6 Å². The molecule has 0 N–H and O–H groups in total. The van der Waals surface area contributed by atoms with Crippen LogP contribution in [-0.4, -0.2) is 6.29 Å². The molecule has 0 spiro atoms. The maximum Gasteiger partial charge on any atom is 0.416 e. The number of carbonyl (C=O) groups excluding carboxylic acids is 1. The second-order valence-corrected chi connectivity index (χ2v) is 5.91. The number of carbonyl (C=O) groups is 1. The van der Waals surface area contributed by atoms with Gasteiger partial charge in [-0.1, -0.05) is 15.9 Å². The number of aldehydes is 1. The molecular weight excluding hydrogens is 418 g/mol. The van der Waals surface area contributed by atoms with Crippen molar-refractivity contribution >= 4 is 22.2 Å². The number of hydrogen-bond acceptors (Lipinski definition) is 2. The van der Waals surface area contributed by atoms with Crippen LogP contribution in [0.1, 0.15) is 27.0 Å². The minimum Gasteiger partial charge on any atom is -0.489 e. The zero-order chi connectivity index (χ0) is 18.8. The molecule has 0 saturated carbocycles. The van der Waals surface area contributed by atoms with Gasteiger partial charge >= 0.3 is 12.4 Å². The van der Waals surface area contributed by atoms with Crippen LogP contribution in [0.25, 0.3) is 0 Å². The Balaban J connectivity index is 2.36. The smallest absolute Gasteiger partial charge is 0.416 e. The van der Waals surface area contributed by atoms with Crippen LogP contribution in [0.3, 0.4) is 0 Å². The van der Waals surface area contributed by atoms with Crippen molar-refractivity contribution < 1.29 is 35.9 Å². The quantitative estimate of drug-likeness (QED) is 0.450. The number of halogens is 7. The zero-order valence-electron chi connectivity index (χ0n) is 12.2. The monoisotopic (exact) mass is 426 g/mol. The number of rotatable bonds is 4. The van der Waals surface area contributed by atoms with Crippen molar-refractivity contribution in [3.8, 4) is 5.75 Å². The summed E-state index contributed by atoms with van der Waals surface area (Å²) in [5.41, 5.74) is -2.88. The van der Waals surface area contributed by atoms with E-state index in [-0.39, 0.29) is 11.3 Å². The highest BCUT2D eigenvalue weighted by Crippen LogP contribution is 2.37. The minimum absolute atomic E-state index is 0.0435. The van der Waals surface area contributed by atoms with E-state index in [0.29, 0.717) is 29.0 Å². The van der Waals surface area contributed by atoms with Gasteiger partial charge < -0.3 is 4.74 Å². The van der Waals surface area contributed by atoms with Crippen molar-refractivity contribution in [3.05, 3.63) is 63.1 Å². The van der Waals surface area contributed by atoms with Crippen molar-refractivity contribution in [2.24, 2.45) is 0 Å². The Morgan fingerprint density at radius 3 is 2.20 bits per heavy atom. The lowest BCUT2D eigenvalue weighted by atomic mass is 10.0. The topological polar surface area (TPSA) is 26.3 Å². The number of benzene rings is 2. The molecule has 134 valence electrons. The summed E-state index contributed by atoms with van der Waals surface area (Å²) in [7, 11) is 0. The summed E-state index contributed by atoms with van der Waals surface area (Å²) in [6.07, 6.45) is -9.10. The van der Waals surface area contributed by atoms with Crippen molar-refractivity contribution in [2.75, 3.05) is 0 Å². The van der Waals surface area contributed by atoms with Crippen molar-refractivity contribution in [1.29, 1.82) is 0 Å². The summed E-state index contributed by atoms with van der Waals surface area (Å²) in [6, 6.07) is 5.24. The van der Waals surface area contributed by atoms with Crippen molar-refractivity contribution in [3.63, 3.8) is 0 Å². The molecule has 0 atom stereocenters. The van der Waals surface area contributed by atoms with Gasteiger partial charge in [0.2, 0.25) is 0 Å². The fraction of sp³-hybridized carbons (Fsp3) is 0.188. The highest BCUT2D eigenvalue weighted by Gasteiger charge is 2.37. The maximum atomic E-state index is 13.0. The van der Waals surface area contributed by atoms with E-state index in [0.717, 1.165) is 0 Å². The van der Waals surface area contributed by atoms with Gasteiger partial charge in [-0.3, -0.25) is 4.79 Å². The molecule has 0 aliphatic carbocycles. The molecule has 0 heterocycles. The SMILES string of the molecule is O=Cc1cc(Br)cc(OCc2cc(C(F)(F)F)ccc2C(F)(F)F)c1. The van der Waals surface area contributed by atoms with E-state index in [1.165, 1.54) is 18.2 Å². The molecule has 0 unspecified atom stereocenters. The third kappa shape index (κ3) is 4.97. The van der Waals surface area contributed by atoms with Crippen LogP contribution in [0.5, 0.6) is 5.75 Å². The van der Waals surface area contributed by atoms with E-state index in [1.807, 2.05) is 0 Å². The van der Waals surface area contributed by atoms with Crippen LogP contribution in [0.15, 0.2) is 40.9 Å². The first-order chi connectivity index (χ1) is 11.5. The molecule has 0 amide bonds. The van der Waals surface area contributed by atoms with Crippen LogP contribution < -0.4 is 4.74 Å². The molecule has 0 saturated heterocycles. The lowest BCUT2D eigenvalue weighted by Crippen LogP contribution is -2.14. The fourth-order valence-corrected chi connectivity index (χ4v) is 2.55. The first kappa shape index (κ1) is 19.3. The van der Waals surface area contributed by atoms with Crippen molar-refractivity contribution in [2.45, 2.75) is 19.0 Å².